The van der Waals surface area contributed by atoms with E-state index in [1.807, 2.05) is 0 Å². The molecule has 1 unspecified atom stereocenters. The normalized spacial score (nSPS) is 13.2. The van der Waals surface area contributed by atoms with Gasteiger partial charge in [-0.1, -0.05) is 26.8 Å². The fraction of sp³-hybridized carbons (Fsp3) is 0.533. The lowest BCUT2D eigenvalue weighted by Gasteiger charge is -2.22. The molecule has 0 aliphatic heterocycles. The average Bonchev–Trinajstić information content (AvgIpc) is 2.20. The summed E-state index contributed by atoms with van der Waals surface area (Å²) in [7, 11) is 0. The van der Waals surface area contributed by atoms with Crippen molar-refractivity contribution in [3.05, 3.63) is 29.6 Å². The van der Waals surface area contributed by atoms with Crippen LogP contribution in [0, 0.1) is 18.2 Å². The molecule has 0 spiro atoms. The van der Waals surface area contributed by atoms with Crippen molar-refractivity contribution in [3.8, 4) is 0 Å². The van der Waals surface area contributed by atoms with E-state index < -0.39 is 0 Å². The Hall–Kier alpha value is -1.42. The minimum Gasteiger partial charge on any atom is -0.327 e. The maximum atomic E-state index is 13.3. The molecule has 1 atom stereocenters. The molecule has 1 aromatic rings. The van der Waals surface area contributed by atoms with Crippen LogP contribution in [0.4, 0.5) is 10.1 Å². The number of halogens is 1. The molecule has 0 radical (unpaired) electrons. The Morgan fingerprint density at radius 2 is 2.05 bits per heavy atom. The van der Waals surface area contributed by atoms with E-state index in [1.54, 1.807) is 19.1 Å². The predicted molar refractivity (Wildman–Crippen MR) is 76.4 cm³/mol. The fourth-order valence-electron chi connectivity index (χ4n) is 1.98. The molecule has 0 aromatic heterocycles. The summed E-state index contributed by atoms with van der Waals surface area (Å²) < 4.78 is 13.3. The number of carbonyl (C=O) groups is 1. The van der Waals surface area contributed by atoms with Crippen LogP contribution in [-0.2, 0) is 4.79 Å². The van der Waals surface area contributed by atoms with E-state index in [0.29, 0.717) is 11.3 Å². The second kappa shape index (κ2) is 6.15. The van der Waals surface area contributed by atoms with Crippen LogP contribution in [0.25, 0.3) is 0 Å². The first-order valence-corrected chi connectivity index (χ1v) is 6.49. The fourth-order valence-corrected chi connectivity index (χ4v) is 1.98. The molecule has 106 valence electrons. The first-order valence-electron chi connectivity index (χ1n) is 6.49. The van der Waals surface area contributed by atoms with Gasteiger partial charge in [0.1, 0.15) is 5.82 Å². The molecule has 4 heteroatoms. The topological polar surface area (TPSA) is 55.1 Å². The maximum Gasteiger partial charge on any atom is 0.225 e. The molecule has 0 saturated heterocycles. The Balaban J connectivity index is 2.53. The van der Waals surface area contributed by atoms with Gasteiger partial charge in [0, 0.05) is 18.2 Å². The summed E-state index contributed by atoms with van der Waals surface area (Å²) in [6.07, 6.45) is 1.01. The van der Waals surface area contributed by atoms with Gasteiger partial charge in [-0.3, -0.25) is 4.79 Å². The standard InChI is InChI=1S/C15H23FN2O/c1-10-5-6-12(8-13(10)16)18-14(19)7-11(17)9-15(2,3)4/h5-6,8,11H,7,9,17H2,1-4H3,(H,18,19). The molecule has 3 nitrogen and oxygen atoms in total. The minimum atomic E-state index is -0.322. The molecule has 0 heterocycles. The Morgan fingerprint density at radius 1 is 1.42 bits per heavy atom. The quantitative estimate of drug-likeness (QED) is 0.879. The molecule has 1 aromatic carbocycles. The van der Waals surface area contributed by atoms with E-state index in [4.69, 9.17) is 5.73 Å². The minimum absolute atomic E-state index is 0.0929. The summed E-state index contributed by atoms with van der Waals surface area (Å²) in [6, 6.07) is 4.46. The molecule has 1 amide bonds. The van der Waals surface area contributed by atoms with E-state index in [1.165, 1.54) is 6.07 Å². The second-order valence-corrected chi connectivity index (χ2v) is 6.24. The zero-order valence-electron chi connectivity index (χ0n) is 12.1. The number of anilines is 1. The van der Waals surface area contributed by atoms with Crippen molar-refractivity contribution >= 4 is 11.6 Å². The molecule has 1 rings (SSSR count). The summed E-state index contributed by atoms with van der Waals surface area (Å²) in [5.74, 6) is -0.503. The van der Waals surface area contributed by atoms with Gasteiger partial charge in [0.2, 0.25) is 5.91 Å². The summed E-state index contributed by atoms with van der Waals surface area (Å²) in [4.78, 5) is 11.8. The Labute approximate surface area is 114 Å². The number of nitrogens with two attached hydrogens (primary N) is 1. The monoisotopic (exact) mass is 266 g/mol. The summed E-state index contributed by atoms with van der Waals surface area (Å²) in [5.41, 5.74) is 7.05. The highest BCUT2D eigenvalue weighted by molar-refractivity contribution is 5.91. The van der Waals surface area contributed by atoms with Gasteiger partial charge in [-0.2, -0.15) is 0 Å². The molecule has 3 N–H and O–H groups in total. The smallest absolute Gasteiger partial charge is 0.225 e. The van der Waals surface area contributed by atoms with Gasteiger partial charge in [0.15, 0.2) is 0 Å². The lowest BCUT2D eigenvalue weighted by Crippen LogP contribution is -2.31. The number of rotatable bonds is 4. The second-order valence-electron chi connectivity index (χ2n) is 6.24. The number of aryl methyl sites for hydroxylation is 1. The van der Waals surface area contributed by atoms with E-state index in [9.17, 15) is 9.18 Å². The van der Waals surface area contributed by atoms with Crippen LogP contribution in [-0.4, -0.2) is 11.9 Å². The lowest BCUT2D eigenvalue weighted by molar-refractivity contribution is -0.116. The summed E-state index contributed by atoms with van der Waals surface area (Å²) in [5, 5.41) is 2.67. The van der Waals surface area contributed by atoms with E-state index in [2.05, 4.69) is 26.1 Å². The molecule has 0 aliphatic rings. The summed E-state index contributed by atoms with van der Waals surface area (Å²) in [6.45, 7) is 7.93. The largest absolute Gasteiger partial charge is 0.327 e. The molecular weight excluding hydrogens is 243 g/mol. The van der Waals surface area contributed by atoms with E-state index >= 15 is 0 Å². The molecule has 0 bridgehead atoms. The third-order valence-electron chi connectivity index (χ3n) is 2.78. The van der Waals surface area contributed by atoms with Crippen LogP contribution in [0.1, 0.15) is 39.2 Å². The average molecular weight is 266 g/mol. The zero-order valence-corrected chi connectivity index (χ0v) is 12.1. The van der Waals surface area contributed by atoms with Crippen LogP contribution < -0.4 is 11.1 Å². The highest BCUT2D eigenvalue weighted by Gasteiger charge is 2.18. The number of hydrogen-bond acceptors (Lipinski definition) is 2. The molecule has 0 saturated carbocycles. The molecule has 19 heavy (non-hydrogen) atoms. The van der Waals surface area contributed by atoms with Crippen molar-refractivity contribution in [2.75, 3.05) is 5.32 Å². The van der Waals surface area contributed by atoms with Crippen LogP contribution in [0.2, 0.25) is 0 Å². The number of benzene rings is 1. The Kier molecular flexibility index (Phi) is 5.06. The molecular formula is C15H23FN2O. The first-order chi connectivity index (χ1) is 8.67. The Morgan fingerprint density at radius 3 is 2.58 bits per heavy atom. The molecule has 0 fully saturated rings. The van der Waals surface area contributed by atoms with Gasteiger partial charge in [-0.25, -0.2) is 4.39 Å². The summed E-state index contributed by atoms with van der Waals surface area (Å²) >= 11 is 0. The van der Waals surface area contributed by atoms with Crippen LogP contribution in [0.5, 0.6) is 0 Å². The SMILES string of the molecule is Cc1ccc(NC(=O)CC(N)CC(C)(C)C)cc1F. The van der Waals surface area contributed by atoms with Crippen LogP contribution in [0.3, 0.4) is 0 Å². The highest BCUT2D eigenvalue weighted by atomic mass is 19.1. The Bertz CT molecular complexity index is 452. The molecule has 0 aliphatic carbocycles. The van der Waals surface area contributed by atoms with Crippen LogP contribution in [0.15, 0.2) is 18.2 Å². The number of nitrogens with one attached hydrogen (secondary N) is 1. The maximum absolute atomic E-state index is 13.3. The van der Waals surface area contributed by atoms with Crippen molar-refractivity contribution in [1.82, 2.24) is 0 Å². The van der Waals surface area contributed by atoms with Gasteiger partial charge in [0.05, 0.1) is 0 Å². The van der Waals surface area contributed by atoms with Gasteiger partial charge in [-0.15, -0.1) is 0 Å². The van der Waals surface area contributed by atoms with Crippen molar-refractivity contribution in [1.29, 1.82) is 0 Å². The van der Waals surface area contributed by atoms with Crippen molar-refractivity contribution in [2.45, 2.75) is 46.6 Å². The lowest BCUT2D eigenvalue weighted by atomic mass is 9.87. The van der Waals surface area contributed by atoms with Crippen molar-refractivity contribution in [3.63, 3.8) is 0 Å². The van der Waals surface area contributed by atoms with Gasteiger partial charge < -0.3 is 11.1 Å². The van der Waals surface area contributed by atoms with Crippen molar-refractivity contribution < 1.29 is 9.18 Å². The number of hydrogen-bond donors (Lipinski definition) is 2. The third-order valence-corrected chi connectivity index (χ3v) is 2.78. The number of carbonyl (C=O) groups excluding carboxylic acids is 1. The zero-order chi connectivity index (χ0) is 14.6. The predicted octanol–water partition coefficient (Wildman–Crippen LogP) is 3.23. The first kappa shape index (κ1) is 15.6. The van der Waals surface area contributed by atoms with Crippen LogP contribution >= 0.6 is 0 Å². The van der Waals surface area contributed by atoms with E-state index in [0.717, 1.165) is 6.42 Å². The van der Waals surface area contributed by atoms with Gasteiger partial charge in [-0.05, 0) is 36.5 Å². The van der Waals surface area contributed by atoms with Gasteiger partial charge in [0.25, 0.3) is 0 Å². The number of amides is 1. The van der Waals surface area contributed by atoms with Crippen molar-refractivity contribution in [2.24, 2.45) is 11.1 Å². The highest BCUT2D eigenvalue weighted by Crippen LogP contribution is 2.21. The van der Waals surface area contributed by atoms with E-state index in [-0.39, 0.29) is 29.6 Å². The van der Waals surface area contributed by atoms with Gasteiger partial charge >= 0.3 is 0 Å². The third kappa shape index (κ3) is 5.83.